The average molecular weight is 495 g/mol. The number of pyridine rings is 1. The van der Waals surface area contributed by atoms with Crippen LogP contribution in [-0.4, -0.2) is 26.2 Å². The largest absolute Gasteiger partial charge is 0.325 e. The summed E-state index contributed by atoms with van der Waals surface area (Å²) in [5.74, 6) is -0.0329. The van der Waals surface area contributed by atoms with Gasteiger partial charge in [-0.05, 0) is 54.4 Å². The molecule has 31 heavy (non-hydrogen) atoms. The monoisotopic (exact) mass is 494 g/mol. The van der Waals surface area contributed by atoms with Gasteiger partial charge in [-0.25, -0.2) is 4.98 Å². The van der Waals surface area contributed by atoms with E-state index in [-0.39, 0.29) is 17.2 Å². The lowest BCUT2D eigenvalue weighted by Gasteiger charge is -2.13. The number of hydrogen-bond acceptors (Lipinski definition) is 5. The van der Waals surface area contributed by atoms with Gasteiger partial charge in [0.05, 0.1) is 23.2 Å². The Kier molecular flexibility index (Phi) is 6.48. The number of aromatic nitrogens is 3. The van der Waals surface area contributed by atoms with Gasteiger partial charge in [-0.3, -0.25) is 19.1 Å². The molecule has 0 aliphatic heterocycles. The normalized spacial score (nSPS) is 10.9. The molecule has 4 rings (SSSR count). The lowest BCUT2D eigenvalue weighted by Crippen LogP contribution is -2.25. The molecule has 4 aromatic rings. The van der Waals surface area contributed by atoms with Gasteiger partial charge in [0.25, 0.3) is 5.56 Å². The van der Waals surface area contributed by atoms with Crippen molar-refractivity contribution >= 4 is 50.2 Å². The second-order valence-corrected chi connectivity index (χ2v) is 8.76. The number of nitrogens with zero attached hydrogens (tertiary/aromatic N) is 3. The van der Waals surface area contributed by atoms with E-state index in [0.717, 1.165) is 21.3 Å². The Hall–Kier alpha value is -2.97. The molecular formula is C23H19BrN4O2S. The third-order valence-corrected chi connectivity index (χ3v) is 6.53. The fourth-order valence-corrected chi connectivity index (χ4v) is 4.17. The lowest BCUT2D eigenvalue weighted by atomic mass is 10.2. The summed E-state index contributed by atoms with van der Waals surface area (Å²) in [4.78, 5) is 34.5. The number of carbonyl (C=O) groups excluding carboxylic acids is 1. The van der Waals surface area contributed by atoms with Crippen LogP contribution in [0.2, 0.25) is 0 Å². The maximum atomic E-state index is 13.1. The van der Waals surface area contributed by atoms with E-state index in [1.54, 1.807) is 29.1 Å². The third-order valence-electron chi connectivity index (χ3n) is 4.66. The number of nitrogens with one attached hydrogen (secondary N) is 1. The highest BCUT2D eigenvalue weighted by atomic mass is 79.9. The molecule has 1 N–H and O–H groups in total. The first kappa shape index (κ1) is 21.3. The van der Waals surface area contributed by atoms with Crippen LogP contribution in [0.1, 0.15) is 11.1 Å². The van der Waals surface area contributed by atoms with Crippen molar-refractivity contribution in [3.8, 4) is 0 Å². The first-order valence-electron chi connectivity index (χ1n) is 9.58. The topological polar surface area (TPSA) is 76.9 Å². The predicted octanol–water partition coefficient (Wildman–Crippen LogP) is 4.64. The summed E-state index contributed by atoms with van der Waals surface area (Å²) in [6, 6.07) is 16.6. The SMILES string of the molecule is Cc1cc(NC(=O)CSc2nc3ccccc3c(=O)n2Cc2cccnc2)ccc1Br. The number of benzene rings is 2. The van der Waals surface area contributed by atoms with Gasteiger partial charge < -0.3 is 5.32 Å². The molecule has 0 bridgehead atoms. The molecule has 8 heteroatoms. The van der Waals surface area contributed by atoms with E-state index in [1.807, 2.05) is 49.4 Å². The van der Waals surface area contributed by atoms with E-state index in [9.17, 15) is 9.59 Å². The van der Waals surface area contributed by atoms with Crippen LogP contribution in [-0.2, 0) is 11.3 Å². The van der Waals surface area contributed by atoms with Crippen LogP contribution in [0.4, 0.5) is 5.69 Å². The quantitative estimate of drug-likeness (QED) is 0.312. The lowest BCUT2D eigenvalue weighted by molar-refractivity contribution is -0.113. The molecule has 0 aliphatic rings. The Morgan fingerprint density at radius 3 is 2.77 bits per heavy atom. The molecule has 2 aromatic carbocycles. The fourth-order valence-electron chi connectivity index (χ4n) is 3.12. The van der Waals surface area contributed by atoms with Crippen molar-refractivity contribution in [1.82, 2.24) is 14.5 Å². The molecule has 0 saturated heterocycles. The predicted molar refractivity (Wildman–Crippen MR) is 128 cm³/mol. The molecule has 0 saturated carbocycles. The molecular weight excluding hydrogens is 476 g/mol. The number of rotatable bonds is 6. The van der Waals surface area contributed by atoms with E-state index >= 15 is 0 Å². The summed E-state index contributed by atoms with van der Waals surface area (Å²) in [7, 11) is 0. The molecule has 2 heterocycles. The Morgan fingerprint density at radius 2 is 2.00 bits per heavy atom. The first-order valence-corrected chi connectivity index (χ1v) is 11.4. The molecule has 0 fully saturated rings. The van der Waals surface area contributed by atoms with Crippen molar-refractivity contribution in [3.05, 3.63) is 92.9 Å². The van der Waals surface area contributed by atoms with E-state index in [0.29, 0.717) is 22.6 Å². The molecule has 0 unspecified atom stereocenters. The molecule has 0 aliphatic carbocycles. The molecule has 156 valence electrons. The number of fused-ring (bicyclic) bond motifs is 1. The highest BCUT2D eigenvalue weighted by Crippen LogP contribution is 2.22. The van der Waals surface area contributed by atoms with E-state index < -0.39 is 0 Å². The summed E-state index contributed by atoms with van der Waals surface area (Å²) in [6.45, 7) is 2.30. The number of anilines is 1. The van der Waals surface area contributed by atoms with Gasteiger partial charge in [0.1, 0.15) is 0 Å². The molecule has 0 radical (unpaired) electrons. The fraction of sp³-hybridized carbons (Fsp3) is 0.130. The van der Waals surface area contributed by atoms with Gasteiger partial charge >= 0.3 is 0 Å². The van der Waals surface area contributed by atoms with Crippen LogP contribution in [0, 0.1) is 6.92 Å². The Bertz CT molecular complexity index is 1310. The highest BCUT2D eigenvalue weighted by Gasteiger charge is 2.14. The van der Waals surface area contributed by atoms with Crippen molar-refractivity contribution in [2.45, 2.75) is 18.6 Å². The minimum Gasteiger partial charge on any atom is -0.325 e. The average Bonchev–Trinajstić information content (AvgIpc) is 2.78. The Balaban J connectivity index is 1.59. The van der Waals surface area contributed by atoms with Crippen molar-refractivity contribution in [1.29, 1.82) is 0 Å². The second kappa shape index (κ2) is 9.45. The molecule has 0 spiro atoms. The third kappa shape index (κ3) is 5.03. The van der Waals surface area contributed by atoms with Crippen molar-refractivity contribution in [2.24, 2.45) is 0 Å². The first-order chi connectivity index (χ1) is 15.0. The van der Waals surface area contributed by atoms with Gasteiger partial charge in [0.2, 0.25) is 5.91 Å². The molecule has 2 aromatic heterocycles. The molecule has 6 nitrogen and oxygen atoms in total. The molecule has 0 atom stereocenters. The zero-order valence-electron chi connectivity index (χ0n) is 16.7. The van der Waals surface area contributed by atoms with Crippen molar-refractivity contribution in [3.63, 3.8) is 0 Å². The number of aryl methyl sites for hydroxylation is 1. The smallest absolute Gasteiger partial charge is 0.262 e. The zero-order valence-corrected chi connectivity index (χ0v) is 19.1. The minimum atomic E-state index is -0.165. The van der Waals surface area contributed by atoms with Crippen LogP contribution >= 0.6 is 27.7 Å². The van der Waals surface area contributed by atoms with Gasteiger partial charge in [0.15, 0.2) is 5.16 Å². The summed E-state index contributed by atoms with van der Waals surface area (Å²) in [5.41, 5.74) is 3.12. The minimum absolute atomic E-state index is 0.132. The van der Waals surface area contributed by atoms with Gasteiger partial charge in [-0.1, -0.05) is 45.9 Å². The maximum absolute atomic E-state index is 13.1. The van der Waals surface area contributed by atoms with Crippen LogP contribution in [0.5, 0.6) is 0 Å². The number of para-hydroxylation sites is 1. The second-order valence-electron chi connectivity index (χ2n) is 6.96. The summed E-state index contributed by atoms with van der Waals surface area (Å²) in [6.07, 6.45) is 3.41. The summed E-state index contributed by atoms with van der Waals surface area (Å²) in [5, 5.41) is 3.94. The standard InChI is InChI=1S/C23H19BrN4O2S/c1-15-11-17(8-9-19(15)24)26-21(29)14-31-23-27-20-7-3-2-6-18(20)22(30)28(23)13-16-5-4-10-25-12-16/h2-12H,13-14H2,1H3,(H,26,29). The van der Waals surface area contributed by atoms with Gasteiger partial charge in [-0.15, -0.1) is 0 Å². The van der Waals surface area contributed by atoms with Crippen molar-refractivity contribution < 1.29 is 4.79 Å². The number of halogens is 1. The molecule has 1 amide bonds. The van der Waals surface area contributed by atoms with E-state index in [1.165, 1.54) is 11.8 Å². The number of thioether (sulfide) groups is 1. The Morgan fingerprint density at radius 1 is 1.16 bits per heavy atom. The summed E-state index contributed by atoms with van der Waals surface area (Å²) < 4.78 is 2.58. The zero-order chi connectivity index (χ0) is 21.8. The van der Waals surface area contributed by atoms with Crippen molar-refractivity contribution in [2.75, 3.05) is 11.1 Å². The van der Waals surface area contributed by atoms with Crippen LogP contribution < -0.4 is 10.9 Å². The Labute approximate surface area is 191 Å². The number of carbonyl (C=O) groups is 1. The van der Waals surface area contributed by atoms with Gasteiger partial charge in [0, 0.05) is 22.6 Å². The number of amides is 1. The van der Waals surface area contributed by atoms with Crippen LogP contribution in [0.15, 0.2) is 81.4 Å². The van der Waals surface area contributed by atoms with E-state index in [2.05, 4.69) is 31.2 Å². The number of hydrogen-bond donors (Lipinski definition) is 1. The van der Waals surface area contributed by atoms with E-state index in [4.69, 9.17) is 0 Å². The van der Waals surface area contributed by atoms with Crippen LogP contribution in [0.3, 0.4) is 0 Å². The van der Waals surface area contributed by atoms with Gasteiger partial charge in [-0.2, -0.15) is 0 Å². The highest BCUT2D eigenvalue weighted by molar-refractivity contribution is 9.10. The maximum Gasteiger partial charge on any atom is 0.262 e. The van der Waals surface area contributed by atoms with Crippen LogP contribution in [0.25, 0.3) is 10.9 Å². The summed E-state index contributed by atoms with van der Waals surface area (Å²) >= 11 is 4.70.